The van der Waals surface area contributed by atoms with E-state index in [9.17, 15) is 4.79 Å². The van der Waals surface area contributed by atoms with E-state index in [4.69, 9.17) is 9.47 Å². The lowest BCUT2D eigenvalue weighted by Gasteiger charge is -2.23. The minimum Gasteiger partial charge on any atom is -0.381 e. The molecule has 1 fully saturated rings. The zero-order valence-corrected chi connectivity index (χ0v) is 15.0. The van der Waals surface area contributed by atoms with E-state index >= 15 is 0 Å². The van der Waals surface area contributed by atoms with Crippen LogP contribution in [0.1, 0.15) is 30.9 Å². The molecule has 0 N–H and O–H groups in total. The third kappa shape index (κ3) is 4.55. The van der Waals surface area contributed by atoms with Gasteiger partial charge in [-0.2, -0.15) is 0 Å². The molecule has 3 heterocycles. The Morgan fingerprint density at radius 3 is 2.76 bits per heavy atom. The lowest BCUT2D eigenvalue weighted by molar-refractivity contribution is 0.0611. The topological polar surface area (TPSA) is 53.4 Å². The second-order valence-electron chi connectivity index (χ2n) is 6.64. The van der Waals surface area contributed by atoms with Crippen LogP contribution in [0.5, 0.6) is 0 Å². The van der Waals surface area contributed by atoms with Crippen LogP contribution >= 0.6 is 0 Å². The van der Waals surface area contributed by atoms with Crippen LogP contribution < -0.4 is 5.43 Å². The summed E-state index contributed by atoms with van der Waals surface area (Å²) in [5, 5.41) is 0. The predicted molar refractivity (Wildman–Crippen MR) is 97.5 cm³/mol. The van der Waals surface area contributed by atoms with E-state index in [1.54, 1.807) is 6.20 Å². The summed E-state index contributed by atoms with van der Waals surface area (Å²) in [5.74, 6) is 0.579. The van der Waals surface area contributed by atoms with Crippen molar-refractivity contribution >= 4 is 0 Å². The molecule has 5 nitrogen and oxygen atoms in total. The van der Waals surface area contributed by atoms with Crippen molar-refractivity contribution in [3.8, 4) is 11.3 Å². The standard InChI is InChI=1S/C20H26N2O3/c1-3-24-14-17-12-22(11-16-6-8-25-9-7-16)13-18(20(17)23)19-5-4-15(2)10-21-19/h4-5,10,12-13,16H,3,6-9,11,14H2,1-2H3. The van der Waals surface area contributed by atoms with Crippen LogP contribution in [0.25, 0.3) is 11.3 Å². The summed E-state index contributed by atoms with van der Waals surface area (Å²) in [7, 11) is 0. The van der Waals surface area contributed by atoms with Crippen molar-refractivity contribution in [2.75, 3.05) is 19.8 Å². The first-order valence-electron chi connectivity index (χ1n) is 8.99. The number of nitrogens with zero attached hydrogens (tertiary/aromatic N) is 2. The summed E-state index contributed by atoms with van der Waals surface area (Å²) in [5.41, 5.74) is 3.14. The van der Waals surface area contributed by atoms with Gasteiger partial charge in [0.2, 0.25) is 0 Å². The van der Waals surface area contributed by atoms with Crippen molar-refractivity contribution in [2.45, 2.75) is 39.8 Å². The van der Waals surface area contributed by atoms with Crippen LogP contribution in [0.4, 0.5) is 0 Å². The quantitative estimate of drug-likeness (QED) is 0.809. The van der Waals surface area contributed by atoms with Gasteiger partial charge in [-0.1, -0.05) is 6.07 Å². The zero-order valence-electron chi connectivity index (χ0n) is 15.0. The molecule has 2 aromatic rings. The van der Waals surface area contributed by atoms with E-state index in [-0.39, 0.29) is 5.43 Å². The lowest BCUT2D eigenvalue weighted by atomic mass is 10.00. The highest BCUT2D eigenvalue weighted by molar-refractivity contribution is 5.58. The fraction of sp³-hybridized carbons (Fsp3) is 0.500. The Labute approximate surface area is 148 Å². The van der Waals surface area contributed by atoms with Crippen LogP contribution in [0, 0.1) is 12.8 Å². The van der Waals surface area contributed by atoms with E-state index < -0.39 is 0 Å². The maximum Gasteiger partial charge on any atom is 0.196 e. The number of aromatic nitrogens is 2. The number of rotatable bonds is 6. The Balaban J connectivity index is 1.95. The molecule has 0 radical (unpaired) electrons. The molecule has 3 rings (SSSR count). The van der Waals surface area contributed by atoms with E-state index in [1.807, 2.05) is 38.4 Å². The molecule has 0 amide bonds. The van der Waals surface area contributed by atoms with E-state index in [0.29, 0.717) is 30.3 Å². The normalized spacial score (nSPS) is 15.4. The molecule has 2 aromatic heterocycles. The van der Waals surface area contributed by atoms with Gasteiger partial charge in [-0.3, -0.25) is 9.78 Å². The number of aryl methyl sites for hydroxylation is 1. The molecule has 25 heavy (non-hydrogen) atoms. The molecular weight excluding hydrogens is 316 g/mol. The summed E-state index contributed by atoms with van der Waals surface area (Å²) in [4.78, 5) is 17.3. The molecule has 1 aliphatic heterocycles. The van der Waals surface area contributed by atoms with Gasteiger partial charge >= 0.3 is 0 Å². The van der Waals surface area contributed by atoms with Gasteiger partial charge in [0.25, 0.3) is 0 Å². The third-order valence-corrected chi connectivity index (χ3v) is 4.61. The zero-order chi connectivity index (χ0) is 17.6. The smallest absolute Gasteiger partial charge is 0.196 e. The molecular formula is C20H26N2O3. The molecule has 134 valence electrons. The van der Waals surface area contributed by atoms with E-state index in [0.717, 1.165) is 43.9 Å². The summed E-state index contributed by atoms with van der Waals surface area (Å²) in [6, 6.07) is 3.90. The highest BCUT2D eigenvalue weighted by Crippen LogP contribution is 2.19. The molecule has 0 bridgehead atoms. The Hall–Kier alpha value is -1.98. The largest absolute Gasteiger partial charge is 0.381 e. The fourth-order valence-corrected chi connectivity index (χ4v) is 3.15. The van der Waals surface area contributed by atoms with Crippen LogP contribution in [-0.2, 0) is 22.6 Å². The first-order valence-corrected chi connectivity index (χ1v) is 8.99. The minimum atomic E-state index is 0.00744. The van der Waals surface area contributed by atoms with Gasteiger partial charge in [-0.05, 0) is 44.2 Å². The van der Waals surface area contributed by atoms with Crippen molar-refractivity contribution in [3.63, 3.8) is 0 Å². The van der Waals surface area contributed by atoms with Gasteiger partial charge in [0.1, 0.15) is 0 Å². The fourth-order valence-electron chi connectivity index (χ4n) is 3.15. The SMILES string of the molecule is CCOCc1cn(CC2CCOCC2)cc(-c2ccc(C)cn2)c1=O. The summed E-state index contributed by atoms with van der Waals surface area (Å²) >= 11 is 0. The Kier molecular flexibility index (Phi) is 6.00. The Morgan fingerprint density at radius 1 is 1.28 bits per heavy atom. The maximum absolute atomic E-state index is 12.9. The number of ether oxygens (including phenoxy) is 2. The number of hydrogen-bond donors (Lipinski definition) is 0. The van der Waals surface area contributed by atoms with Gasteiger partial charge in [0.05, 0.1) is 17.9 Å². The van der Waals surface area contributed by atoms with Crippen LogP contribution in [-0.4, -0.2) is 29.4 Å². The lowest BCUT2D eigenvalue weighted by Crippen LogP contribution is -2.23. The highest BCUT2D eigenvalue weighted by atomic mass is 16.5. The van der Waals surface area contributed by atoms with Crippen molar-refractivity contribution in [3.05, 3.63) is 52.1 Å². The highest BCUT2D eigenvalue weighted by Gasteiger charge is 2.16. The van der Waals surface area contributed by atoms with Crippen LogP contribution in [0.15, 0.2) is 35.5 Å². The third-order valence-electron chi connectivity index (χ3n) is 4.61. The molecule has 5 heteroatoms. The van der Waals surface area contributed by atoms with Crippen molar-refractivity contribution in [1.82, 2.24) is 9.55 Å². The summed E-state index contributed by atoms with van der Waals surface area (Å²) in [6.45, 7) is 7.39. The average molecular weight is 342 g/mol. The first kappa shape index (κ1) is 17.8. The van der Waals surface area contributed by atoms with Gasteiger partial charge in [0, 0.05) is 50.5 Å². The molecule has 0 aliphatic carbocycles. The molecule has 1 aliphatic rings. The van der Waals surface area contributed by atoms with Crippen molar-refractivity contribution in [2.24, 2.45) is 5.92 Å². The molecule has 1 saturated heterocycles. The average Bonchev–Trinajstić information content (AvgIpc) is 2.63. The monoisotopic (exact) mass is 342 g/mol. The van der Waals surface area contributed by atoms with Crippen LogP contribution in [0.2, 0.25) is 0 Å². The van der Waals surface area contributed by atoms with Gasteiger partial charge in [0.15, 0.2) is 5.43 Å². The number of hydrogen-bond acceptors (Lipinski definition) is 4. The maximum atomic E-state index is 12.9. The van der Waals surface area contributed by atoms with Gasteiger partial charge in [-0.15, -0.1) is 0 Å². The Bertz CT molecular complexity index is 747. The second kappa shape index (κ2) is 8.41. The van der Waals surface area contributed by atoms with Gasteiger partial charge in [-0.25, -0.2) is 0 Å². The summed E-state index contributed by atoms with van der Waals surface area (Å²) in [6.07, 6.45) is 7.79. The molecule has 0 spiro atoms. The van der Waals surface area contributed by atoms with Crippen molar-refractivity contribution in [1.29, 1.82) is 0 Å². The molecule has 0 atom stereocenters. The number of pyridine rings is 2. The second-order valence-corrected chi connectivity index (χ2v) is 6.64. The molecule has 0 unspecified atom stereocenters. The first-order chi connectivity index (χ1) is 12.2. The van der Waals surface area contributed by atoms with Crippen LogP contribution in [0.3, 0.4) is 0 Å². The predicted octanol–water partition coefficient (Wildman–Crippen LogP) is 3.18. The summed E-state index contributed by atoms with van der Waals surface area (Å²) < 4.78 is 13.1. The molecule has 0 saturated carbocycles. The minimum absolute atomic E-state index is 0.00744. The van der Waals surface area contributed by atoms with E-state index in [1.165, 1.54) is 0 Å². The molecule has 0 aromatic carbocycles. The van der Waals surface area contributed by atoms with E-state index in [2.05, 4.69) is 9.55 Å². The van der Waals surface area contributed by atoms with Crippen molar-refractivity contribution < 1.29 is 9.47 Å². The Morgan fingerprint density at radius 2 is 2.08 bits per heavy atom. The van der Waals surface area contributed by atoms with Gasteiger partial charge < -0.3 is 14.0 Å².